The zero-order chi connectivity index (χ0) is 10.8. The average Bonchev–Trinajstić information content (AvgIpc) is 2.11. The van der Waals surface area contributed by atoms with Gasteiger partial charge in [0, 0.05) is 13.3 Å². The summed E-state index contributed by atoms with van der Waals surface area (Å²) in [4.78, 5) is 10.5. The number of rotatable bonds is 9. The second-order valence-electron chi connectivity index (χ2n) is 4.12. The van der Waals surface area contributed by atoms with E-state index in [0.29, 0.717) is 6.42 Å². The van der Waals surface area contributed by atoms with Crippen LogP contribution in [0.1, 0.15) is 51.9 Å². The summed E-state index contributed by atoms with van der Waals surface area (Å²) < 4.78 is 0. The highest BCUT2D eigenvalue weighted by molar-refractivity contribution is 5.82. The molecule has 81 valence electrons. The fraction of sp³-hybridized carbons (Fsp3) is 0.692. The van der Waals surface area contributed by atoms with Gasteiger partial charge in [0.25, 0.3) is 0 Å². The molecule has 0 aliphatic rings. The van der Waals surface area contributed by atoms with Crippen molar-refractivity contribution in [1.29, 1.82) is 0 Å². The normalized spacial score (nSPS) is 12.4. The molecule has 1 radical (unpaired) electrons. The third kappa shape index (κ3) is 9.50. The van der Waals surface area contributed by atoms with Gasteiger partial charge < -0.3 is 0 Å². The second-order valence-corrected chi connectivity index (χ2v) is 4.12. The maximum absolute atomic E-state index is 10.5. The first-order valence-corrected chi connectivity index (χ1v) is 5.62. The van der Waals surface area contributed by atoms with Crippen molar-refractivity contribution in [2.45, 2.75) is 51.9 Å². The number of carbonyl (C=O) groups is 1. The van der Waals surface area contributed by atoms with E-state index < -0.39 is 0 Å². The van der Waals surface area contributed by atoms with E-state index in [4.69, 9.17) is 0 Å². The van der Waals surface area contributed by atoms with Crippen LogP contribution in [0.3, 0.4) is 0 Å². The monoisotopic (exact) mass is 195 g/mol. The summed E-state index contributed by atoms with van der Waals surface area (Å²) in [6.45, 7) is 9.36. The fourth-order valence-electron chi connectivity index (χ4n) is 1.57. The van der Waals surface area contributed by atoms with Crippen molar-refractivity contribution in [3.05, 3.63) is 19.6 Å². The molecule has 0 aromatic heterocycles. The Labute approximate surface area is 88.6 Å². The van der Waals surface area contributed by atoms with Crippen molar-refractivity contribution in [3.8, 4) is 0 Å². The zero-order valence-electron chi connectivity index (χ0n) is 9.43. The number of ketones is 1. The van der Waals surface area contributed by atoms with Gasteiger partial charge in [-0.05, 0) is 18.8 Å². The van der Waals surface area contributed by atoms with E-state index in [1.165, 1.54) is 25.7 Å². The molecule has 0 spiro atoms. The van der Waals surface area contributed by atoms with Crippen molar-refractivity contribution < 1.29 is 4.79 Å². The summed E-state index contributed by atoms with van der Waals surface area (Å²) in [5.74, 6) is 0.840. The van der Waals surface area contributed by atoms with Gasteiger partial charge in [-0.25, -0.2) is 0 Å². The quantitative estimate of drug-likeness (QED) is 0.402. The Morgan fingerprint density at radius 2 is 1.93 bits per heavy atom. The molecule has 0 aliphatic carbocycles. The van der Waals surface area contributed by atoms with Gasteiger partial charge in [-0.3, -0.25) is 4.79 Å². The van der Waals surface area contributed by atoms with Crippen LogP contribution < -0.4 is 0 Å². The van der Waals surface area contributed by atoms with Gasteiger partial charge in [-0.15, -0.1) is 6.58 Å². The van der Waals surface area contributed by atoms with Gasteiger partial charge in [0.15, 0.2) is 0 Å². The molecule has 0 bridgehead atoms. The first kappa shape index (κ1) is 13.4. The molecule has 0 aromatic rings. The molecular formula is C13H23O. The van der Waals surface area contributed by atoms with E-state index in [1.807, 2.05) is 6.08 Å². The maximum Gasteiger partial charge on any atom is 0.133 e. The van der Waals surface area contributed by atoms with Crippen molar-refractivity contribution in [2.75, 3.05) is 0 Å². The van der Waals surface area contributed by atoms with E-state index in [2.05, 4.69) is 20.4 Å². The zero-order valence-corrected chi connectivity index (χ0v) is 9.43. The number of Topliss-reactive ketones (excluding diaryl/α,β-unsaturated/α-hetero) is 1. The highest BCUT2D eigenvalue weighted by atomic mass is 16.1. The summed E-state index contributed by atoms with van der Waals surface area (Å²) in [5, 5.41) is 0. The summed E-state index contributed by atoms with van der Waals surface area (Å²) in [6.07, 6.45) is 9.76. The minimum atomic E-state index is 0.0741. The molecule has 0 N–H and O–H groups in total. The second kappa shape index (κ2) is 8.98. The summed E-state index contributed by atoms with van der Waals surface area (Å²) in [7, 11) is 0. The van der Waals surface area contributed by atoms with Crippen LogP contribution in [0, 0.1) is 12.8 Å². The first-order valence-electron chi connectivity index (χ1n) is 5.62. The SMILES string of the molecule is [CH2]C(=O)CCCCCC[C@@H](C)CC=C. The van der Waals surface area contributed by atoms with Gasteiger partial charge >= 0.3 is 0 Å². The molecule has 0 fully saturated rings. The number of hydrogen-bond acceptors (Lipinski definition) is 1. The Morgan fingerprint density at radius 3 is 2.50 bits per heavy atom. The molecule has 0 aliphatic heterocycles. The van der Waals surface area contributed by atoms with Crippen molar-refractivity contribution in [3.63, 3.8) is 0 Å². The first-order chi connectivity index (χ1) is 6.66. The molecule has 14 heavy (non-hydrogen) atoms. The fourth-order valence-corrected chi connectivity index (χ4v) is 1.57. The Balaban J connectivity index is 3.12. The highest BCUT2D eigenvalue weighted by Gasteiger charge is 1.99. The molecule has 1 heteroatoms. The van der Waals surface area contributed by atoms with Crippen LogP contribution in [-0.4, -0.2) is 5.78 Å². The molecular weight excluding hydrogens is 172 g/mol. The van der Waals surface area contributed by atoms with Gasteiger partial charge in [-0.1, -0.05) is 38.7 Å². The molecule has 1 atom stereocenters. The minimum absolute atomic E-state index is 0.0741. The Kier molecular flexibility index (Phi) is 8.61. The average molecular weight is 195 g/mol. The van der Waals surface area contributed by atoms with E-state index >= 15 is 0 Å². The molecule has 1 nitrogen and oxygen atoms in total. The predicted octanol–water partition coefficient (Wildman–Crippen LogP) is 3.94. The summed E-state index contributed by atoms with van der Waals surface area (Å²) in [5.41, 5.74) is 0. The highest BCUT2D eigenvalue weighted by Crippen LogP contribution is 2.14. The van der Waals surface area contributed by atoms with E-state index in [9.17, 15) is 4.79 Å². The maximum atomic E-state index is 10.5. The third-order valence-corrected chi connectivity index (χ3v) is 2.47. The van der Waals surface area contributed by atoms with Crippen LogP contribution in [0.2, 0.25) is 0 Å². The van der Waals surface area contributed by atoms with Crippen LogP contribution in [-0.2, 0) is 4.79 Å². The van der Waals surface area contributed by atoms with Crippen LogP contribution >= 0.6 is 0 Å². The molecule has 0 saturated carbocycles. The summed E-state index contributed by atoms with van der Waals surface area (Å²) in [6, 6.07) is 0. The minimum Gasteiger partial charge on any atom is -0.300 e. The Morgan fingerprint density at radius 1 is 1.29 bits per heavy atom. The lowest BCUT2D eigenvalue weighted by molar-refractivity contribution is -0.114. The van der Waals surface area contributed by atoms with Crippen molar-refractivity contribution in [1.82, 2.24) is 0 Å². The Bertz CT molecular complexity index is 161. The molecule has 0 aromatic carbocycles. The van der Waals surface area contributed by atoms with E-state index in [0.717, 1.165) is 18.8 Å². The van der Waals surface area contributed by atoms with Crippen LogP contribution in [0.5, 0.6) is 0 Å². The lowest BCUT2D eigenvalue weighted by Gasteiger charge is -2.07. The standard InChI is InChI=1S/C13H23O/c1-4-9-12(2)10-7-5-6-8-11-13(3)14/h4,12H,1,3,5-11H2,2H3/t12-/m0/s1. The van der Waals surface area contributed by atoms with Crippen LogP contribution in [0.15, 0.2) is 12.7 Å². The number of carbonyl (C=O) groups excluding carboxylic acids is 1. The lowest BCUT2D eigenvalue weighted by Crippen LogP contribution is -1.93. The predicted molar refractivity (Wildman–Crippen MR) is 62.0 cm³/mol. The molecule has 0 rings (SSSR count). The van der Waals surface area contributed by atoms with Crippen molar-refractivity contribution >= 4 is 5.78 Å². The van der Waals surface area contributed by atoms with Crippen LogP contribution in [0.4, 0.5) is 0 Å². The number of hydrogen-bond donors (Lipinski definition) is 0. The lowest BCUT2D eigenvalue weighted by atomic mass is 9.99. The van der Waals surface area contributed by atoms with E-state index in [-0.39, 0.29) is 5.78 Å². The molecule has 0 amide bonds. The smallest absolute Gasteiger partial charge is 0.133 e. The largest absolute Gasteiger partial charge is 0.300 e. The number of unbranched alkanes of at least 4 members (excludes halogenated alkanes) is 3. The Hall–Kier alpha value is -0.590. The van der Waals surface area contributed by atoms with Gasteiger partial charge in [0.2, 0.25) is 0 Å². The topological polar surface area (TPSA) is 17.1 Å². The van der Waals surface area contributed by atoms with Crippen LogP contribution in [0.25, 0.3) is 0 Å². The summed E-state index contributed by atoms with van der Waals surface area (Å²) >= 11 is 0. The number of allylic oxidation sites excluding steroid dienone is 1. The molecule has 0 saturated heterocycles. The van der Waals surface area contributed by atoms with E-state index in [1.54, 1.807) is 0 Å². The van der Waals surface area contributed by atoms with Gasteiger partial charge in [0.1, 0.15) is 5.78 Å². The van der Waals surface area contributed by atoms with Gasteiger partial charge in [-0.2, -0.15) is 0 Å². The van der Waals surface area contributed by atoms with Crippen molar-refractivity contribution in [2.24, 2.45) is 5.92 Å². The molecule has 0 unspecified atom stereocenters. The van der Waals surface area contributed by atoms with Gasteiger partial charge in [0.05, 0.1) is 0 Å². The third-order valence-electron chi connectivity index (χ3n) is 2.47. The molecule has 0 heterocycles.